The van der Waals surface area contributed by atoms with Crippen LogP contribution in [0.15, 0.2) is 48.5 Å². The molecule has 6 heteroatoms. The van der Waals surface area contributed by atoms with E-state index in [9.17, 15) is 18.0 Å². The van der Waals surface area contributed by atoms with Crippen LogP contribution in [0.2, 0.25) is 0 Å². The molecule has 0 aromatic heterocycles. The number of unbranched alkanes of at least 4 members (excludes halogenated alkanes) is 3. The summed E-state index contributed by atoms with van der Waals surface area (Å²) in [4.78, 5) is 12.3. The number of aryl methyl sites for hydroxylation is 1. The number of alkyl halides is 3. The molecule has 0 atom stereocenters. The molecule has 0 unspecified atom stereocenters. The lowest BCUT2D eigenvalue weighted by atomic mass is 10.00. The molecule has 2 N–H and O–H groups in total. The normalized spacial score (nSPS) is 11.2. The molecule has 0 radical (unpaired) electrons. The van der Waals surface area contributed by atoms with E-state index >= 15 is 0 Å². The SMILES string of the molecule is CCCCCCc1cc(C(=O)NNc2ccccc2)cc(C(F)(F)F)c1. The molecule has 0 saturated carbocycles. The highest BCUT2D eigenvalue weighted by atomic mass is 19.4. The number of halogens is 3. The molecule has 0 aliphatic carbocycles. The third kappa shape index (κ3) is 6.10. The molecule has 2 aromatic rings. The Hall–Kier alpha value is -2.50. The van der Waals surface area contributed by atoms with Crippen molar-refractivity contribution in [3.63, 3.8) is 0 Å². The summed E-state index contributed by atoms with van der Waals surface area (Å²) in [6.45, 7) is 2.08. The first-order valence-electron chi connectivity index (χ1n) is 8.72. The highest BCUT2D eigenvalue weighted by Gasteiger charge is 2.31. The number of hydrogen-bond acceptors (Lipinski definition) is 2. The van der Waals surface area contributed by atoms with Gasteiger partial charge in [0.1, 0.15) is 0 Å². The van der Waals surface area contributed by atoms with Gasteiger partial charge in [-0.2, -0.15) is 13.2 Å². The molecule has 26 heavy (non-hydrogen) atoms. The Morgan fingerprint density at radius 1 is 1.00 bits per heavy atom. The van der Waals surface area contributed by atoms with E-state index < -0.39 is 17.6 Å². The highest BCUT2D eigenvalue weighted by Crippen LogP contribution is 2.31. The van der Waals surface area contributed by atoms with Crippen LogP contribution in [0, 0.1) is 0 Å². The lowest BCUT2D eigenvalue weighted by Crippen LogP contribution is -2.29. The van der Waals surface area contributed by atoms with E-state index in [0.717, 1.165) is 37.8 Å². The van der Waals surface area contributed by atoms with Gasteiger partial charge in [-0.1, -0.05) is 44.4 Å². The summed E-state index contributed by atoms with van der Waals surface area (Å²) in [7, 11) is 0. The minimum atomic E-state index is -4.48. The second kappa shape index (κ2) is 9.27. The Morgan fingerprint density at radius 3 is 2.38 bits per heavy atom. The van der Waals surface area contributed by atoms with Crippen molar-refractivity contribution in [1.29, 1.82) is 0 Å². The van der Waals surface area contributed by atoms with E-state index in [1.165, 1.54) is 6.07 Å². The zero-order valence-corrected chi connectivity index (χ0v) is 14.7. The third-order valence-corrected chi connectivity index (χ3v) is 4.00. The number of benzene rings is 2. The van der Waals surface area contributed by atoms with Crippen molar-refractivity contribution < 1.29 is 18.0 Å². The van der Waals surface area contributed by atoms with Crippen LogP contribution in [0.25, 0.3) is 0 Å². The van der Waals surface area contributed by atoms with Gasteiger partial charge < -0.3 is 0 Å². The van der Waals surface area contributed by atoms with Gasteiger partial charge in [0, 0.05) is 5.56 Å². The third-order valence-electron chi connectivity index (χ3n) is 4.00. The lowest BCUT2D eigenvalue weighted by molar-refractivity contribution is -0.137. The summed E-state index contributed by atoms with van der Waals surface area (Å²) < 4.78 is 39.5. The topological polar surface area (TPSA) is 41.1 Å². The van der Waals surface area contributed by atoms with Crippen molar-refractivity contribution in [1.82, 2.24) is 5.43 Å². The molecule has 0 saturated heterocycles. The van der Waals surface area contributed by atoms with Crippen LogP contribution >= 0.6 is 0 Å². The van der Waals surface area contributed by atoms with E-state index in [4.69, 9.17) is 0 Å². The smallest absolute Gasteiger partial charge is 0.298 e. The van der Waals surface area contributed by atoms with Crippen LogP contribution in [-0.2, 0) is 12.6 Å². The molecule has 3 nitrogen and oxygen atoms in total. The molecule has 2 rings (SSSR count). The fraction of sp³-hybridized carbons (Fsp3) is 0.350. The molecule has 1 amide bonds. The first-order valence-corrected chi connectivity index (χ1v) is 8.72. The average Bonchev–Trinajstić information content (AvgIpc) is 2.63. The molecule has 0 bridgehead atoms. The first kappa shape index (κ1) is 19.8. The maximum Gasteiger partial charge on any atom is 0.416 e. The van der Waals surface area contributed by atoms with Gasteiger partial charge in [-0.25, -0.2) is 0 Å². The van der Waals surface area contributed by atoms with Gasteiger partial charge in [0.25, 0.3) is 5.91 Å². The van der Waals surface area contributed by atoms with Gasteiger partial charge in [-0.05, 0) is 48.7 Å². The number of hydrazine groups is 1. The van der Waals surface area contributed by atoms with Crippen LogP contribution in [-0.4, -0.2) is 5.91 Å². The summed E-state index contributed by atoms with van der Waals surface area (Å²) >= 11 is 0. The second-order valence-electron chi connectivity index (χ2n) is 6.17. The van der Waals surface area contributed by atoms with Crippen molar-refractivity contribution in [2.24, 2.45) is 0 Å². The van der Waals surface area contributed by atoms with E-state index in [1.807, 2.05) is 6.07 Å². The number of carbonyl (C=O) groups excluding carboxylic acids is 1. The maximum atomic E-state index is 13.2. The van der Waals surface area contributed by atoms with E-state index in [2.05, 4.69) is 17.8 Å². The zero-order chi connectivity index (χ0) is 19.0. The van der Waals surface area contributed by atoms with Gasteiger partial charge in [0.05, 0.1) is 11.3 Å². The van der Waals surface area contributed by atoms with Crippen LogP contribution in [0.5, 0.6) is 0 Å². The number of anilines is 1. The van der Waals surface area contributed by atoms with Gasteiger partial charge in [-0.15, -0.1) is 0 Å². The molecular formula is C20H23F3N2O. The Bertz CT molecular complexity index is 715. The minimum Gasteiger partial charge on any atom is -0.298 e. The monoisotopic (exact) mass is 364 g/mol. The molecule has 0 aliphatic rings. The number of para-hydroxylation sites is 1. The predicted molar refractivity (Wildman–Crippen MR) is 96.8 cm³/mol. The number of rotatable bonds is 8. The molecule has 0 heterocycles. The number of amides is 1. The second-order valence-corrected chi connectivity index (χ2v) is 6.17. The average molecular weight is 364 g/mol. The fourth-order valence-corrected chi connectivity index (χ4v) is 2.61. The highest BCUT2D eigenvalue weighted by molar-refractivity contribution is 5.95. The summed E-state index contributed by atoms with van der Waals surface area (Å²) in [5.41, 5.74) is 5.51. The van der Waals surface area contributed by atoms with Crippen LogP contribution in [0.4, 0.5) is 18.9 Å². The van der Waals surface area contributed by atoms with E-state index in [0.29, 0.717) is 17.7 Å². The Labute approximate surface area is 151 Å². The van der Waals surface area contributed by atoms with Crippen molar-refractivity contribution >= 4 is 11.6 Å². The maximum absolute atomic E-state index is 13.2. The van der Waals surface area contributed by atoms with Crippen molar-refractivity contribution in [3.05, 3.63) is 65.2 Å². The summed E-state index contributed by atoms with van der Waals surface area (Å²) in [6.07, 6.45) is -0.0886. The van der Waals surface area contributed by atoms with Gasteiger partial charge in [-0.3, -0.25) is 15.6 Å². The van der Waals surface area contributed by atoms with Crippen LogP contribution in [0.3, 0.4) is 0 Å². The molecule has 0 aliphatic heterocycles. The molecule has 0 fully saturated rings. The lowest BCUT2D eigenvalue weighted by Gasteiger charge is -2.13. The first-order chi connectivity index (χ1) is 12.4. The molecule has 140 valence electrons. The van der Waals surface area contributed by atoms with Crippen molar-refractivity contribution in [2.45, 2.75) is 45.2 Å². The summed E-state index contributed by atoms with van der Waals surface area (Å²) in [5, 5.41) is 0. The van der Waals surface area contributed by atoms with Crippen LogP contribution in [0.1, 0.15) is 54.1 Å². The predicted octanol–water partition coefficient (Wildman–Crippen LogP) is 5.59. The Kier molecular flexibility index (Phi) is 7.06. The van der Waals surface area contributed by atoms with E-state index in [-0.39, 0.29) is 5.56 Å². The summed E-state index contributed by atoms with van der Waals surface area (Å²) in [5.74, 6) is -0.602. The number of hydrogen-bond donors (Lipinski definition) is 2. The standard InChI is InChI=1S/C20H23F3N2O/c1-2-3-4-6-9-15-12-16(14-17(13-15)20(21,22)23)19(26)25-24-18-10-7-5-8-11-18/h5,7-8,10-14,24H,2-4,6,9H2,1H3,(H,25,26). The molecule has 2 aromatic carbocycles. The molecular weight excluding hydrogens is 341 g/mol. The minimum absolute atomic E-state index is 0.00579. The Balaban J connectivity index is 2.12. The van der Waals surface area contributed by atoms with Gasteiger partial charge in [0.2, 0.25) is 0 Å². The largest absolute Gasteiger partial charge is 0.416 e. The van der Waals surface area contributed by atoms with Crippen LogP contribution < -0.4 is 10.9 Å². The quantitative estimate of drug-likeness (QED) is 0.474. The Morgan fingerprint density at radius 2 is 1.73 bits per heavy atom. The zero-order valence-electron chi connectivity index (χ0n) is 14.7. The van der Waals surface area contributed by atoms with E-state index in [1.54, 1.807) is 24.3 Å². The summed E-state index contributed by atoms with van der Waals surface area (Å²) in [6, 6.07) is 12.4. The fourth-order valence-electron chi connectivity index (χ4n) is 2.61. The van der Waals surface area contributed by atoms with Crippen molar-refractivity contribution in [3.8, 4) is 0 Å². The number of carbonyl (C=O) groups is 1. The van der Waals surface area contributed by atoms with Crippen molar-refractivity contribution in [2.75, 3.05) is 5.43 Å². The number of nitrogens with one attached hydrogen (secondary N) is 2. The molecule has 0 spiro atoms. The van der Waals surface area contributed by atoms with Gasteiger partial charge >= 0.3 is 6.18 Å². The van der Waals surface area contributed by atoms with Gasteiger partial charge in [0.15, 0.2) is 0 Å².